The van der Waals surface area contributed by atoms with Crippen molar-refractivity contribution in [1.29, 1.82) is 0 Å². The Morgan fingerprint density at radius 3 is 2.89 bits per heavy atom. The van der Waals surface area contributed by atoms with Crippen molar-refractivity contribution in [2.45, 2.75) is 19.4 Å². The van der Waals surface area contributed by atoms with Crippen LogP contribution in [0.15, 0.2) is 30.9 Å². The van der Waals surface area contributed by atoms with E-state index >= 15 is 0 Å². The Balaban J connectivity index is 2.36. The van der Waals surface area contributed by atoms with Crippen LogP contribution < -0.4 is 10.1 Å². The van der Waals surface area contributed by atoms with Gasteiger partial charge >= 0.3 is 0 Å². The van der Waals surface area contributed by atoms with Gasteiger partial charge in [0, 0.05) is 12.6 Å². The average Bonchev–Trinajstić information content (AvgIpc) is 2.43. The highest BCUT2D eigenvalue weighted by Gasteiger charge is 2.08. The van der Waals surface area contributed by atoms with Crippen molar-refractivity contribution in [2.75, 3.05) is 26.9 Å². The molecular weight excluding hydrogens is 242 g/mol. The predicted octanol–water partition coefficient (Wildman–Crippen LogP) is 2.64. The number of rotatable bonds is 9. The van der Waals surface area contributed by atoms with Crippen molar-refractivity contribution >= 4 is 0 Å². The molecule has 0 aliphatic heterocycles. The minimum absolute atomic E-state index is 0.159. The van der Waals surface area contributed by atoms with Gasteiger partial charge in [-0.25, -0.2) is 0 Å². The quantitative estimate of drug-likeness (QED) is 0.532. The van der Waals surface area contributed by atoms with Crippen molar-refractivity contribution in [3.63, 3.8) is 0 Å². The first kappa shape index (κ1) is 15.5. The van der Waals surface area contributed by atoms with Gasteiger partial charge in [-0.1, -0.05) is 12.1 Å². The van der Waals surface area contributed by atoms with Gasteiger partial charge in [-0.05, 0) is 31.0 Å². The van der Waals surface area contributed by atoms with Crippen LogP contribution in [0, 0.1) is 0 Å². The zero-order valence-corrected chi connectivity index (χ0v) is 11.7. The molecule has 4 heteroatoms. The van der Waals surface area contributed by atoms with E-state index in [0.29, 0.717) is 19.0 Å². The summed E-state index contributed by atoms with van der Waals surface area (Å²) in [5, 5.41) is 12.9. The third-order valence-electron chi connectivity index (χ3n) is 2.87. The van der Waals surface area contributed by atoms with E-state index in [9.17, 15) is 5.11 Å². The monoisotopic (exact) mass is 265 g/mol. The van der Waals surface area contributed by atoms with Gasteiger partial charge < -0.3 is 19.9 Å². The molecule has 0 spiro atoms. The minimum atomic E-state index is 0.159. The summed E-state index contributed by atoms with van der Waals surface area (Å²) < 4.78 is 10.5. The standard InChI is InChI=1S/C15H23NO3/c1-4-5-9-19-10-8-16-12(2)13-6-7-14(17)15(11-13)18-3/h4,6-7,11-12,16-17H,1,5,8-10H2,2-3H3. The molecule has 0 fully saturated rings. The maximum atomic E-state index is 9.54. The van der Waals surface area contributed by atoms with Gasteiger partial charge in [0.05, 0.1) is 20.3 Å². The van der Waals surface area contributed by atoms with E-state index in [2.05, 4.69) is 18.8 Å². The second kappa shape index (κ2) is 8.56. The summed E-state index contributed by atoms with van der Waals surface area (Å²) in [6.07, 6.45) is 2.73. The topological polar surface area (TPSA) is 50.7 Å². The van der Waals surface area contributed by atoms with Crippen molar-refractivity contribution < 1.29 is 14.6 Å². The van der Waals surface area contributed by atoms with E-state index in [1.165, 1.54) is 0 Å². The summed E-state index contributed by atoms with van der Waals surface area (Å²) in [6.45, 7) is 7.88. The number of phenols is 1. The van der Waals surface area contributed by atoms with Crippen LogP contribution in [-0.2, 0) is 4.74 Å². The number of nitrogens with one attached hydrogen (secondary N) is 1. The van der Waals surface area contributed by atoms with Crippen LogP contribution in [-0.4, -0.2) is 32.0 Å². The molecule has 2 N–H and O–H groups in total. The Bertz CT molecular complexity index is 393. The molecule has 0 amide bonds. The zero-order chi connectivity index (χ0) is 14.1. The normalized spacial score (nSPS) is 12.1. The number of hydrogen-bond donors (Lipinski definition) is 2. The number of benzene rings is 1. The predicted molar refractivity (Wildman–Crippen MR) is 76.7 cm³/mol. The van der Waals surface area contributed by atoms with Crippen LogP contribution in [0.3, 0.4) is 0 Å². The molecule has 1 aromatic rings. The molecule has 1 aromatic carbocycles. The third-order valence-corrected chi connectivity index (χ3v) is 2.87. The van der Waals surface area contributed by atoms with Gasteiger partial charge in [-0.2, -0.15) is 0 Å². The van der Waals surface area contributed by atoms with Crippen LogP contribution in [0.2, 0.25) is 0 Å². The molecule has 0 radical (unpaired) electrons. The van der Waals surface area contributed by atoms with Gasteiger partial charge in [0.2, 0.25) is 0 Å². The van der Waals surface area contributed by atoms with E-state index in [4.69, 9.17) is 9.47 Å². The summed E-state index contributed by atoms with van der Waals surface area (Å²) in [6, 6.07) is 5.55. The number of phenolic OH excluding ortho intramolecular Hbond substituents is 1. The molecule has 0 aliphatic rings. The molecule has 0 heterocycles. The van der Waals surface area contributed by atoms with E-state index in [0.717, 1.165) is 18.5 Å². The van der Waals surface area contributed by atoms with Crippen molar-refractivity contribution in [1.82, 2.24) is 5.32 Å². The Labute approximate surface area is 115 Å². The summed E-state index contributed by atoms with van der Waals surface area (Å²) >= 11 is 0. The van der Waals surface area contributed by atoms with E-state index in [-0.39, 0.29) is 11.8 Å². The van der Waals surface area contributed by atoms with Crippen LogP contribution in [0.5, 0.6) is 11.5 Å². The highest BCUT2D eigenvalue weighted by Crippen LogP contribution is 2.28. The molecule has 0 aliphatic carbocycles. The molecule has 4 nitrogen and oxygen atoms in total. The van der Waals surface area contributed by atoms with Crippen LogP contribution in [0.1, 0.15) is 24.9 Å². The first-order valence-electron chi connectivity index (χ1n) is 6.48. The molecule has 1 rings (SSSR count). The second-order valence-electron chi connectivity index (χ2n) is 4.30. The first-order valence-corrected chi connectivity index (χ1v) is 6.48. The van der Waals surface area contributed by atoms with Crippen LogP contribution in [0.25, 0.3) is 0 Å². The highest BCUT2D eigenvalue weighted by molar-refractivity contribution is 5.42. The highest BCUT2D eigenvalue weighted by atomic mass is 16.5. The SMILES string of the molecule is C=CCCOCCNC(C)c1ccc(O)c(OC)c1. The molecule has 0 saturated heterocycles. The molecule has 19 heavy (non-hydrogen) atoms. The number of ether oxygens (including phenoxy) is 2. The molecular formula is C15H23NO3. The molecule has 0 bridgehead atoms. The van der Waals surface area contributed by atoms with Crippen molar-refractivity contribution in [2.24, 2.45) is 0 Å². The number of hydrogen-bond acceptors (Lipinski definition) is 4. The van der Waals surface area contributed by atoms with Gasteiger partial charge in [-0.3, -0.25) is 0 Å². The van der Waals surface area contributed by atoms with E-state index in [1.54, 1.807) is 13.2 Å². The fourth-order valence-corrected chi connectivity index (χ4v) is 1.70. The van der Waals surface area contributed by atoms with Crippen molar-refractivity contribution in [3.05, 3.63) is 36.4 Å². The Hall–Kier alpha value is -1.52. The first-order chi connectivity index (χ1) is 9.19. The van der Waals surface area contributed by atoms with Gasteiger partial charge in [0.1, 0.15) is 0 Å². The number of methoxy groups -OCH3 is 1. The summed E-state index contributed by atoms with van der Waals surface area (Å²) in [5.41, 5.74) is 1.07. The lowest BCUT2D eigenvalue weighted by Gasteiger charge is -2.15. The van der Waals surface area contributed by atoms with Gasteiger partial charge in [0.25, 0.3) is 0 Å². The Morgan fingerprint density at radius 1 is 1.42 bits per heavy atom. The molecule has 0 saturated carbocycles. The fourth-order valence-electron chi connectivity index (χ4n) is 1.70. The minimum Gasteiger partial charge on any atom is -0.504 e. The summed E-state index contributed by atoms with van der Waals surface area (Å²) in [4.78, 5) is 0. The van der Waals surface area contributed by atoms with Crippen LogP contribution in [0.4, 0.5) is 0 Å². The lowest BCUT2D eigenvalue weighted by molar-refractivity contribution is 0.138. The van der Waals surface area contributed by atoms with E-state index in [1.807, 2.05) is 18.2 Å². The molecule has 106 valence electrons. The lowest BCUT2D eigenvalue weighted by atomic mass is 10.1. The smallest absolute Gasteiger partial charge is 0.160 e. The maximum absolute atomic E-state index is 9.54. The van der Waals surface area contributed by atoms with Crippen molar-refractivity contribution in [3.8, 4) is 11.5 Å². The van der Waals surface area contributed by atoms with Gasteiger partial charge in [-0.15, -0.1) is 6.58 Å². The number of aromatic hydroxyl groups is 1. The summed E-state index contributed by atoms with van der Waals surface area (Å²) in [5.74, 6) is 0.652. The average molecular weight is 265 g/mol. The third kappa shape index (κ3) is 5.32. The Kier molecular flexibility index (Phi) is 7.00. The van der Waals surface area contributed by atoms with E-state index < -0.39 is 0 Å². The zero-order valence-electron chi connectivity index (χ0n) is 11.7. The summed E-state index contributed by atoms with van der Waals surface area (Å²) in [7, 11) is 1.55. The fraction of sp³-hybridized carbons (Fsp3) is 0.467. The molecule has 1 atom stereocenters. The Morgan fingerprint density at radius 2 is 2.21 bits per heavy atom. The lowest BCUT2D eigenvalue weighted by Crippen LogP contribution is -2.23. The molecule has 0 aromatic heterocycles. The van der Waals surface area contributed by atoms with Gasteiger partial charge in [0.15, 0.2) is 11.5 Å². The second-order valence-corrected chi connectivity index (χ2v) is 4.30. The largest absolute Gasteiger partial charge is 0.504 e. The van der Waals surface area contributed by atoms with Crippen LogP contribution >= 0.6 is 0 Å². The maximum Gasteiger partial charge on any atom is 0.160 e. The molecule has 1 unspecified atom stereocenters.